The Morgan fingerprint density at radius 3 is 2.37 bits per heavy atom. The molecule has 0 radical (unpaired) electrons. The van der Waals surface area contributed by atoms with Crippen molar-refractivity contribution in [2.75, 3.05) is 23.8 Å². The Bertz CT molecular complexity index is 1410. The average Bonchev–Trinajstić information content (AvgIpc) is 2.81. The minimum atomic E-state index is -1.22. The van der Waals surface area contributed by atoms with E-state index in [1.54, 1.807) is 19.2 Å². The fraction of sp³-hybridized carbons (Fsp3) is 0.304. The first-order chi connectivity index (χ1) is 16.6. The molecule has 12 heteroatoms. The SMILES string of the molecule is CCN(CC)Cc1c(N(N)c2cc(F)c(F)cc2N)c(=O)n(-c2cncc(C)c2)c(=O)n1CC#N. The maximum Gasteiger partial charge on any atom is 0.336 e. The predicted octanol–water partition coefficient (Wildman–Crippen LogP) is 1.94. The zero-order valence-electron chi connectivity index (χ0n) is 19.6. The first kappa shape index (κ1) is 25.5. The number of anilines is 3. The molecule has 0 aliphatic carbocycles. The second-order valence-electron chi connectivity index (χ2n) is 7.84. The van der Waals surface area contributed by atoms with Crippen molar-refractivity contribution in [3.05, 3.63) is 74.3 Å². The first-order valence-electron chi connectivity index (χ1n) is 10.8. The van der Waals surface area contributed by atoms with Crippen LogP contribution in [0.2, 0.25) is 0 Å². The number of aryl methyl sites for hydroxylation is 1. The zero-order chi connectivity index (χ0) is 25.9. The molecule has 0 aliphatic rings. The molecule has 1 aromatic carbocycles. The van der Waals surface area contributed by atoms with Crippen LogP contribution in [0.3, 0.4) is 0 Å². The highest BCUT2D eigenvalue weighted by Gasteiger charge is 2.27. The topological polar surface area (TPSA) is 139 Å². The molecule has 10 nitrogen and oxygen atoms in total. The number of nitrogens with zero attached hydrogens (tertiary/aromatic N) is 6. The van der Waals surface area contributed by atoms with Crippen LogP contribution in [0, 0.1) is 29.9 Å². The number of benzene rings is 1. The molecule has 2 heterocycles. The second-order valence-corrected chi connectivity index (χ2v) is 7.84. The van der Waals surface area contributed by atoms with Crippen LogP contribution in [0.25, 0.3) is 5.69 Å². The molecule has 0 saturated carbocycles. The lowest BCUT2D eigenvalue weighted by atomic mass is 10.2. The minimum Gasteiger partial charge on any atom is -0.397 e. The third-order valence-corrected chi connectivity index (χ3v) is 5.61. The highest BCUT2D eigenvalue weighted by Crippen LogP contribution is 2.30. The molecule has 0 aliphatic heterocycles. The van der Waals surface area contributed by atoms with E-state index >= 15 is 0 Å². The minimum absolute atomic E-state index is 0.0820. The number of hydrazine groups is 1. The zero-order valence-corrected chi connectivity index (χ0v) is 19.6. The molecule has 0 unspecified atom stereocenters. The van der Waals surface area contributed by atoms with E-state index in [-0.39, 0.29) is 41.5 Å². The van der Waals surface area contributed by atoms with Crippen LogP contribution in [-0.4, -0.2) is 32.1 Å². The van der Waals surface area contributed by atoms with Gasteiger partial charge in [0.05, 0.1) is 35.0 Å². The number of hydrogen-bond donors (Lipinski definition) is 2. The van der Waals surface area contributed by atoms with E-state index < -0.39 is 22.9 Å². The van der Waals surface area contributed by atoms with E-state index in [1.807, 2.05) is 24.8 Å². The molecule has 0 bridgehead atoms. The number of rotatable bonds is 8. The van der Waals surface area contributed by atoms with E-state index in [0.717, 1.165) is 26.3 Å². The van der Waals surface area contributed by atoms with Crippen LogP contribution in [0.15, 0.2) is 40.2 Å². The summed E-state index contributed by atoms with van der Waals surface area (Å²) < 4.78 is 29.8. The molecule has 3 rings (SSSR count). The summed E-state index contributed by atoms with van der Waals surface area (Å²) in [7, 11) is 0. The van der Waals surface area contributed by atoms with Crippen LogP contribution in [0.5, 0.6) is 0 Å². The Kier molecular flexibility index (Phi) is 7.63. The summed E-state index contributed by atoms with van der Waals surface area (Å²) in [4.78, 5) is 33.2. The summed E-state index contributed by atoms with van der Waals surface area (Å²) in [5.41, 5.74) is 4.67. The fourth-order valence-corrected chi connectivity index (χ4v) is 3.75. The van der Waals surface area contributed by atoms with Crippen molar-refractivity contribution in [2.24, 2.45) is 5.84 Å². The lowest BCUT2D eigenvalue weighted by molar-refractivity contribution is 0.286. The number of halogens is 2. The van der Waals surface area contributed by atoms with Crippen molar-refractivity contribution in [3.8, 4) is 11.8 Å². The van der Waals surface area contributed by atoms with Gasteiger partial charge in [-0.05, 0) is 31.6 Å². The van der Waals surface area contributed by atoms with Crippen molar-refractivity contribution in [2.45, 2.75) is 33.9 Å². The Morgan fingerprint density at radius 2 is 1.77 bits per heavy atom. The van der Waals surface area contributed by atoms with Gasteiger partial charge in [0.25, 0.3) is 5.56 Å². The smallest absolute Gasteiger partial charge is 0.336 e. The molecule has 184 valence electrons. The third-order valence-electron chi connectivity index (χ3n) is 5.61. The summed E-state index contributed by atoms with van der Waals surface area (Å²) in [5, 5.41) is 10.3. The third kappa shape index (κ3) is 4.91. The molecule has 3 aromatic rings. The summed E-state index contributed by atoms with van der Waals surface area (Å²) in [6.07, 6.45) is 2.88. The van der Waals surface area contributed by atoms with Gasteiger partial charge in [0, 0.05) is 24.9 Å². The van der Waals surface area contributed by atoms with Crippen molar-refractivity contribution in [1.29, 1.82) is 5.26 Å². The molecule has 0 amide bonds. The van der Waals surface area contributed by atoms with E-state index in [0.29, 0.717) is 18.7 Å². The molecule has 0 atom stereocenters. The van der Waals surface area contributed by atoms with Gasteiger partial charge in [-0.25, -0.2) is 24.0 Å². The van der Waals surface area contributed by atoms with Crippen LogP contribution < -0.4 is 27.8 Å². The van der Waals surface area contributed by atoms with Gasteiger partial charge in [-0.3, -0.25) is 24.3 Å². The number of nitrogens with two attached hydrogens (primary N) is 2. The molecular formula is C23H26F2N8O2. The van der Waals surface area contributed by atoms with Crippen molar-refractivity contribution >= 4 is 17.1 Å². The highest BCUT2D eigenvalue weighted by atomic mass is 19.2. The van der Waals surface area contributed by atoms with Crippen LogP contribution in [0.1, 0.15) is 25.1 Å². The van der Waals surface area contributed by atoms with Gasteiger partial charge in [-0.15, -0.1) is 0 Å². The van der Waals surface area contributed by atoms with Crippen molar-refractivity contribution in [3.63, 3.8) is 0 Å². The van der Waals surface area contributed by atoms with Gasteiger partial charge in [-0.1, -0.05) is 13.8 Å². The Labute approximate surface area is 200 Å². The first-order valence-corrected chi connectivity index (χ1v) is 10.8. The van der Waals surface area contributed by atoms with E-state index in [4.69, 9.17) is 11.6 Å². The molecule has 0 saturated heterocycles. The van der Waals surface area contributed by atoms with Gasteiger partial charge in [0.15, 0.2) is 11.6 Å². The predicted molar refractivity (Wildman–Crippen MR) is 128 cm³/mol. The van der Waals surface area contributed by atoms with Crippen molar-refractivity contribution in [1.82, 2.24) is 19.0 Å². The van der Waals surface area contributed by atoms with Gasteiger partial charge in [-0.2, -0.15) is 5.26 Å². The van der Waals surface area contributed by atoms with Gasteiger partial charge in [0.1, 0.15) is 12.2 Å². The van der Waals surface area contributed by atoms with Gasteiger partial charge >= 0.3 is 5.69 Å². The molecule has 2 aromatic heterocycles. The van der Waals surface area contributed by atoms with Crippen LogP contribution in [-0.2, 0) is 13.1 Å². The molecular weight excluding hydrogens is 458 g/mol. The highest BCUT2D eigenvalue weighted by molar-refractivity contribution is 5.74. The van der Waals surface area contributed by atoms with Crippen molar-refractivity contribution < 1.29 is 8.78 Å². The normalized spacial score (nSPS) is 11.0. The summed E-state index contributed by atoms with van der Waals surface area (Å²) in [6.45, 7) is 6.36. The van der Waals surface area contributed by atoms with Crippen LogP contribution >= 0.6 is 0 Å². The average molecular weight is 485 g/mol. The van der Waals surface area contributed by atoms with Gasteiger partial charge in [0.2, 0.25) is 0 Å². The Hall–Kier alpha value is -4.08. The summed E-state index contributed by atoms with van der Waals surface area (Å²) in [5.74, 6) is 3.91. The quantitative estimate of drug-likeness (QED) is 0.281. The second kappa shape index (κ2) is 10.5. The lowest BCUT2D eigenvalue weighted by Gasteiger charge is -2.28. The number of aromatic nitrogens is 3. The summed E-state index contributed by atoms with van der Waals surface area (Å²) in [6, 6.07) is 5.03. The summed E-state index contributed by atoms with van der Waals surface area (Å²) >= 11 is 0. The molecule has 35 heavy (non-hydrogen) atoms. The lowest BCUT2D eigenvalue weighted by Crippen LogP contribution is -2.46. The molecule has 4 N–H and O–H groups in total. The molecule has 0 fully saturated rings. The van der Waals surface area contributed by atoms with Gasteiger partial charge < -0.3 is 5.73 Å². The number of hydrogen-bond acceptors (Lipinski definition) is 8. The maximum atomic E-state index is 14.1. The largest absolute Gasteiger partial charge is 0.397 e. The van der Waals surface area contributed by atoms with E-state index in [2.05, 4.69) is 4.98 Å². The van der Waals surface area contributed by atoms with E-state index in [9.17, 15) is 23.6 Å². The number of pyridine rings is 1. The maximum absolute atomic E-state index is 14.1. The van der Waals surface area contributed by atoms with E-state index in [1.165, 1.54) is 6.20 Å². The Morgan fingerprint density at radius 1 is 1.11 bits per heavy atom. The fourth-order valence-electron chi connectivity index (χ4n) is 3.75. The molecule has 0 spiro atoms. The number of nitriles is 1. The Balaban J connectivity index is 2.45. The number of nitrogen functional groups attached to an aromatic ring is 1. The van der Waals surface area contributed by atoms with Crippen LogP contribution in [0.4, 0.5) is 25.8 Å². The standard InChI is InChI=1S/C23H26F2N8O2/c1-4-30(5-2)13-20-21(33(28)19-10-17(25)16(24)9-18(19)27)22(34)32(23(35)31(20)7-6-26)15-8-14(3)11-29-12-15/h8-12H,4-5,7,13,27-28H2,1-3H3. The monoisotopic (exact) mass is 484 g/mol.